The molecular weight excluding hydrogens is 138 g/mol. The van der Waals surface area contributed by atoms with Crippen molar-refractivity contribution in [2.45, 2.75) is 32.1 Å². The fourth-order valence-corrected chi connectivity index (χ4v) is 1.01. The van der Waals surface area contributed by atoms with Crippen molar-refractivity contribution in [1.29, 1.82) is 5.26 Å². The van der Waals surface area contributed by atoms with E-state index in [0.29, 0.717) is 6.42 Å². The minimum atomic E-state index is 0.628. The zero-order valence-electron chi connectivity index (χ0n) is 6.88. The fraction of sp³-hybridized carbons (Fsp3) is 0.889. The van der Waals surface area contributed by atoms with Gasteiger partial charge in [-0.25, -0.2) is 0 Å². The van der Waals surface area contributed by atoms with Crippen LogP contribution in [0.1, 0.15) is 32.1 Å². The van der Waals surface area contributed by atoms with Crippen LogP contribution in [0.25, 0.3) is 0 Å². The molecule has 0 amide bonds. The summed E-state index contributed by atoms with van der Waals surface area (Å²) in [4.78, 5) is 0. The zero-order valence-corrected chi connectivity index (χ0v) is 6.88. The van der Waals surface area contributed by atoms with Crippen LogP contribution in [0.2, 0.25) is 0 Å². The van der Waals surface area contributed by atoms with E-state index in [1.165, 1.54) is 19.3 Å². The molecule has 0 aromatic carbocycles. The molecular formula is C9H15NO. The van der Waals surface area contributed by atoms with Gasteiger partial charge in [0.2, 0.25) is 0 Å². The molecule has 0 heterocycles. The minimum absolute atomic E-state index is 0.628. The molecule has 1 aliphatic rings. The predicted octanol–water partition coefficient (Wildman–Crippen LogP) is 2.11. The van der Waals surface area contributed by atoms with Gasteiger partial charge in [-0.1, -0.05) is 12.8 Å². The monoisotopic (exact) mass is 153 g/mol. The van der Waals surface area contributed by atoms with Gasteiger partial charge >= 0.3 is 0 Å². The molecule has 2 heteroatoms. The highest BCUT2D eigenvalue weighted by molar-refractivity contribution is 4.72. The molecule has 0 saturated heterocycles. The summed E-state index contributed by atoms with van der Waals surface area (Å²) in [6.45, 7) is 1.66. The Morgan fingerprint density at radius 1 is 1.36 bits per heavy atom. The van der Waals surface area contributed by atoms with Crippen molar-refractivity contribution in [2.75, 3.05) is 13.2 Å². The molecule has 11 heavy (non-hydrogen) atoms. The van der Waals surface area contributed by atoms with Gasteiger partial charge < -0.3 is 4.74 Å². The van der Waals surface area contributed by atoms with E-state index in [-0.39, 0.29) is 0 Å². The third kappa shape index (κ3) is 4.80. The highest BCUT2D eigenvalue weighted by atomic mass is 16.5. The summed E-state index contributed by atoms with van der Waals surface area (Å²) in [5, 5.41) is 8.22. The highest BCUT2D eigenvalue weighted by Gasteiger charge is 2.20. The normalized spacial score (nSPS) is 16.3. The number of nitriles is 1. The lowest BCUT2D eigenvalue weighted by Gasteiger charge is -1.99. The van der Waals surface area contributed by atoms with E-state index < -0.39 is 0 Å². The lowest BCUT2D eigenvalue weighted by Crippen LogP contribution is -1.97. The molecule has 0 spiro atoms. The first-order valence-electron chi connectivity index (χ1n) is 4.38. The molecule has 0 bridgehead atoms. The SMILES string of the molecule is N#CCCCOCCC1CC1. The zero-order chi connectivity index (χ0) is 7.94. The summed E-state index contributed by atoms with van der Waals surface area (Å²) in [7, 11) is 0. The number of nitrogens with zero attached hydrogens (tertiary/aromatic N) is 1. The average molecular weight is 153 g/mol. The molecule has 1 saturated carbocycles. The Morgan fingerprint density at radius 2 is 2.18 bits per heavy atom. The molecule has 62 valence electrons. The number of rotatable bonds is 6. The molecule has 0 atom stereocenters. The Hall–Kier alpha value is -0.550. The number of unbranched alkanes of at least 4 members (excludes halogenated alkanes) is 1. The van der Waals surface area contributed by atoms with Gasteiger partial charge in [0, 0.05) is 19.6 Å². The molecule has 0 aromatic heterocycles. The van der Waals surface area contributed by atoms with Gasteiger partial charge in [0.25, 0.3) is 0 Å². The molecule has 1 fully saturated rings. The Kier molecular flexibility index (Phi) is 4.00. The topological polar surface area (TPSA) is 33.0 Å². The van der Waals surface area contributed by atoms with Crippen LogP contribution < -0.4 is 0 Å². The smallest absolute Gasteiger partial charge is 0.0622 e. The van der Waals surface area contributed by atoms with Crippen LogP contribution in [0.5, 0.6) is 0 Å². The van der Waals surface area contributed by atoms with Crippen LogP contribution in [0.3, 0.4) is 0 Å². The van der Waals surface area contributed by atoms with E-state index in [1.54, 1.807) is 0 Å². The maximum Gasteiger partial charge on any atom is 0.0622 e. The largest absolute Gasteiger partial charge is 0.381 e. The lowest BCUT2D eigenvalue weighted by molar-refractivity contribution is 0.127. The number of hydrogen-bond acceptors (Lipinski definition) is 2. The first-order valence-corrected chi connectivity index (χ1v) is 4.38. The summed E-state index contributed by atoms with van der Waals surface area (Å²) < 4.78 is 5.34. The second-order valence-electron chi connectivity index (χ2n) is 3.11. The first-order chi connectivity index (χ1) is 5.43. The van der Waals surface area contributed by atoms with Crippen molar-refractivity contribution in [3.63, 3.8) is 0 Å². The van der Waals surface area contributed by atoms with E-state index in [1.807, 2.05) is 0 Å². The molecule has 0 N–H and O–H groups in total. The molecule has 0 radical (unpaired) electrons. The summed E-state index contributed by atoms with van der Waals surface area (Å²) in [6, 6.07) is 2.10. The van der Waals surface area contributed by atoms with Gasteiger partial charge in [-0.3, -0.25) is 0 Å². The second-order valence-corrected chi connectivity index (χ2v) is 3.11. The van der Waals surface area contributed by atoms with Gasteiger partial charge in [0.05, 0.1) is 6.07 Å². The van der Waals surface area contributed by atoms with Gasteiger partial charge in [-0.05, 0) is 18.8 Å². The highest BCUT2D eigenvalue weighted by Crippen LogP contribution is 2.31. The van der Waals surface area contributed by atoms with E-state index in [0.717, 1.165) is 25.6 Å². The van der Waals surface area contributed by atoms with Crippen molar-refractivity contribution >= 4 is 0 Å². The van der Waals surface area contributed by atoms with Crippen LogP contribution >= 0.6 is 0 Å². The first kappa shape index (κ1) is 8.55. The van der Waals surface area contributed by atoms with Crippen LogP contribution in [0, 0.1) is 17.2 Å². The van der Waals surface area contributed by atoms with Crippen LogP contribution in [-0.4, -0.2) is 13.2 Å². The Bertz CT molecular complexity index is 135. The van der Waals surface area contributed by atoms with E-state index in [9.17, 15) is 0 Å². The van der Waals surface area contributed by atoms with Crippen molar-refractivity contribution in [3.8, 4) is 6.07 Å². The van der Waals surface area contributed by atoms with Crippen LogP contribution in [-0.2, 0) is 4.74 Å². The van der Waals surface area contributed by atoms with E-state index in [4.69, 9.17) is 10.00 Å². The number of hydrogen-bond donors (Lipinski definition) is 0. The summed E-state index contributed by atoms with van der Waals surface area (Å²) in [6.07, 6.45) is 5.56. The number of ether oxygens (including phenoxy) is 1. The predicted molar refractivity (Wildman–Crippen MR) is 43.0 cm³/mol. The van der Waals surface area contributed by atoms with E-state index >= 15 is 0 Å². The van der Waals surface area contributed by atoms with Crippen LogP contribution in [0.15, 0.2) is 0 Å². The summed E-state index contributed by atoms with van der Waals surface area (Å²) in [5.41, 5.74) is 0. The van der Waals surface area contributed by atoms with Crippen LogP contribution in [0.4, 0.5) is 0 Å². The fourth-order valence-electron chi connectivity index (χ4n) is 1.01. The van der Waals surface area contributed by atoms with Crippen molar-refractivity contribution in [3.05, 3.63) is 0 Å². The van der Waals surface area contributed by atoms with Crippen molar-refractivity contribution in [1.82, 2.24) is 0 Å². The Morgan fingerprint density at radius 3 is 2.82 bits per heavy atom. The Balaban J connectivity index is 1.70. The average Bonchev–Trinajstić information content (AvgIpc) is 2.80. The molecule has 0 aliphatic heterocycles. The standard InChI is InChI=1S/C9H15NO/c10-6-1-2-7-11-8-5-9-3-4-9/h9H,1-5,7-8H2. The molecule has 0 unspecified atom stereocenters. The minimum Gasteiger partial charge on any atom is -0.381 e. The van der Waals surface area contributed by atoms with Gasteiger partial charge in [-0.2, -0.15) is 5.26 Å². The van der Waals surface area contributed by atoms with Gasteiger partial charge in [0.1, 0.15) is 0 Å². The lowest BCUT2D eigenvalue weighted by atomic mass is 10.3. The molecule has 0 aromatic rings. The van der Waals surface area contributed by atoms with Crippen molar-refractivity contribution < 1.29 is 4.74 Å². The third-order valence-corrected chi connectivity index (χ3v) is 1.94. The van der Waals surface area contributed by atoms with Crippen molar-refractivity contribution in [2.24, 2.45) is 5.92 Å². The molecule has 1 rings (SSSR count). The molecule has 2 nitrogen and oxygen atoms in total. The van der Waals surface area contributed by atoms with Gasteiger partial charge in [0.15, 0.2) is 0 Å². The quantitative estimate of drug-likeness (QED) is 0.547. The van der Waals surface area contributed by atoms with E-state index in [2.05, 4.69) is 6.07 Å². The Labute approximate surface area is 68.2 Å². The molecule has 1 aliphatic carbocycles. The maximum absolute atomic E-state index is 8.22. The summed E-state index contributed by atoms with van der Waals surface area (Å²) >= 11 is 0. The van der Waals surface area contributed by atoms with Gasteiger partial charge in [-0.15, -0.1) is 0 Å². The summed E-state index contributed by atoms with van der Waals surface area (Å²) in [5.74, 6) is 0.964. The maximum atomic E-state index is 8.22. The third-order valence-electron chi connectivity index (χ3n) is 1.94. The second kappa shape index (κ2) is 5.15.